The Bertz CT molecular complexity index is 816. The van der Waals surface area contributed by atoms with E-state index in [-0.39, 0.29) is 0 Å². The van der Waals surface area contributed by atoms with Crippen LogP contribution in [-0.4, -0.2) is 23.4 Å². The first-order chi connectivity index (χ1) is 11.6. The Morgan fingerprint density at radius 3 is 2.54 bits per heavy atom. The quantitative estimate of drug-likeness (QED) is 0.460. The van der Waals surface area contributed by atoms with Crippen molar-refractivity contribution in [3.8, 4) is 0 Å². The lowest BCUT2D eigenvalue weighted by Gasteiger charge is -2.16. The first-order valence-corrected chi connectivity index (χ1v) is 7.36. The van der Waals surface area contributed by atoms with E-state index in [1.807, 2.05) is 60.5 Å². The monoisotopic (exact) mass is 323 g/mol. The summed E-state index contributed by atoms with van der Waals surface area (Å²) in [6.45, 7) is 0. The van der Waals surface area contributed by atoms with Gasteiger partial charge < -0.3 is 4.90 Å². The third kappa shape index (κ3) is 3.01. The maximum Gasteiger partial charge on any atom is 0.267 e. The summed E-state index contributed by atoms with van der Waals surface area (Å²) in [6.07, 6.45) is 4.65. The van der Waals surface area contributed by atoms with Gasteiger partial charge in [0.2, 0.25) is 0 Å². The van der Waals surface area contributed by atoms with E-state index in [2.05, 4.69) is 0 Å². The van der Waals surface area contributed by atoms with E-state index in [4.69, 9.17) is 5.21 Å². The Morgan fingerprint density at radius 2 is 1.83 bits per heavy atom. The number of hydrogen-bond acceptors (Lipinski definition) is 5. The lowest BCUT2D eigenvalue weighted by molar-refractivity contribution is -0.124. The van der Waals surface area contributed by atoms with E-state index in [0.29, 0.717) is 11.5 Å². The highest BCUT2D eigenvalue weighted by molar-refractivity contribution is 5.92. The van der Waals surface area contributed by atoms with Crippen molar-refractivity contribution in [1.82, 2.24) is 5.48 Å². The van der Waals surface area contributed by atoms with E-state index in [9.17, 15) is 10.0 Å². The summed E-state index contributed by atoms with van der Waals surface area (Å²) in [4.78, 5) is 13.0. The molecule has 2 aromatic rings. The molecule has 24 heavy (non-hydrogen) atoms. The van der Waals surface area contributed by atoms with Crippen molar-refractivity contribution in [2.24, 2.45) is 0 Å². The molecule has 0 saturated heterocycles. The van der Waals surface area contributed by atoms with Gasteiger partial charge in [0.25, 0.3) is 5.91 Å². The van der Waals surface area contributed by atoms with Crippen LogP contribution in [0.5, 0.6) is 0 Å². The molecular weight excluding hydrogens is 306 g/mol. The number of carbonyl (C=O) groups excluding carboxylic acids is 1. The predicted octanol–water partition coefficient (Wildman–Crippen LogP) is 2.85. The Morgan fingerprint density at radius 1 is 1.08 bits per heavy atom. The molecule has 0 spiro atoms. The number of rotatable bonds is 3. The van der Waals surface area contributed by atoms with Gasteiger partial charge in [-0.15, -0.1) is 0 Å². The number of fused-ring (bicyclic) bond motifs is 1. The SMILES string of the molecule is CN1/C(=C/c2ccccc2)N(O)c2cc(/C=C/C(=O)NO)ccc21. The van der Waals surface area contributed by atoms with Gasteiger partial charge in [-0.25, -0.2) is 10.5 Å². The fourth-order valence-electron chi connectivity index (χ4n) is 2.55. The Hall–Kier alpha value is -3.09. The topological polar surface area (TPSA) is 76.0 Å². The van der Waals surface area contributed by atoms with Crippen LogP contribution in [0.3, 0.4) is 0 Å². The van der Waals surface area contributed by atoms with E-state index >= 15 is 0 Å². The average Bonchev–Trinajstić information content (AvgIpc) is 2.85. The molecule has 0 fully saturated rings. The predicted molar refractivity (Wildman–Crippen MR) is 92.5 cm³/mol. The van der Waals surface area contributed by atoms with Crippen molar-refractivity contribution in [2.75, 3.05) is 17.0 Å². The first kappa shape index (κ1) is 15.8. The van der Waals surface area contributed by atoms with Crippen molar-refractivity contribution in [3.05, 3.63) is 71.6 Å². The number of hydroxylamine groups is 2. The molecule has 6 heteroatoms. The maximum atomic E-state index is 11.1. The molecule has 1 heterocycles. The number of anilines is 2. The summed E-state index contributed by atoms with van der Waals surface area (Å²) in [5.41, 5.74) is 4.71. The number of nitrogens with one attached hydrogen (secondary N) is 1. The van der Waals surface area contributed by atoms with E-state index in [1.54, 1.807) is 12.1 Å². The zero-order chi connectivity index (χ0) is 17.1. The number of amides is 1. The summed E-state index contributed by atoms with van der Waals surface area (Å²) in [7, 11) is 1.87. The molecule has 0 aromatic heterocycles. The van der Waals surface area contributed by atoms with Crippen molar-refractivity contribution < 1.29 is 15.2 Å². The smallest absolute Gasteiger partial charge is 0.267 e. The summed E-state index contributed by atoms with van der Waals surface area (Å²) < 4.78 is 0. The molecule has 1 amide bonds. The van der Waals surface area contributed by atoms with Gasteiger partial charge in [0.05, 0.1) is 11.4 Å². The number of carbonyl (C=O) groups is 1. The lowest BCUT2D eigenvalue weighted by Crippen LogP contribution is -2.22. The second-order valence-electron chi connectivity index (χ2n) is 5.34. The Kier molecular flexibility index (Phi) is 4.33. The summed E-state index contributed by atoms with van der Waals surface area (Å²) >= 11 is 0. The molecular formula is C18H17N3O3. The molecule has 2 aromatic carbocycles. The van der Waals surface area contributed by atoms with Crippen LogP contribution >= 0.6 is 0 Å². The second kappa shape index (κ2) is 6.57. The molecule has 3 N–H and O–H groups in total. The van der Waals surface area contributed by atoms with Gasteiger partial charge in [-0.05, 0) is 35.4 Å². The van der Waals surface area contributed by atoms with E-state index in [1.165, 1.54) is 11.6 Å². The standard InChI is InChI=1S/C18H17N3O3/c1-20-15-9-7-14(8-10-17(22)19-23)11-16(15)21(24)18(20)12-13-5-3-2-4-6-13/h2-12,23-24H,1H3,(H,19,22)/b10-8+,18-12-. The van der Waals surface area contributed by atoms with Gasteiger partial charge in [-0.3, -0.25) is 15.2 Å². The van der Waals surface area contributed by atoms with Crippen LogP contribution in [0.15, 0.2) is 60.4 Å². The molecule has 1 aliphatic heterocycles. The number of benzene rings is 2. The Labute approximate surface area is 139 Å². The van der Waals surface area contributed by atoms with Gasteiger partial charge in [0, 0.05) is 13.1 Å². The first-order valence-electron chi connectivity index (χ1n) is 7.36. The molecule has 0 unspecified atom stereocenters. The highest BCUT2D eigenvalue weighted by Crippen LogP contribution is 2.40. The van der Waals surface area contributed by atoms with Gasteiger partial charge in [-0.1, -0.05) is 36.4 Å². The van der Waals surface area contributed by atoms with Crippen LogP contribution in [0.2, 0.25) is 0 Å². The van der Waals surface area contributed by atoms with E-state index < -0.39 is 5.91 Å². The largest absolute Gasteiger partial charge is 0.327 e. The fourth-order valence-corrected chi connectivity index (χ4v) is 2.55. The van der Waals surface area contributed by atoms with Crippen LogP contribution in [0.4, 0.5) is 11.4 Å². The van der Waals surface area contributed by atoms with Gasteiger partial charge >= 0.3 is 0 Å². The molecule has 0 radical (unpaired) electrons. The summed E-state index contributed by atoms with van der Waals surface area (Å²) in [6, 6.07) is 15.2. The van der Waals surface area contributed by atoms with Crippen LogP contribution in [-0.2, 0) is 4.79 Å². The summed E-state index contributed by atoms with van der Waals surface area (Å²) in [5.74, 6) is 0.0172. The Balaban J connectivity index is 1.93. The van der Waals surface area contributed by atoms with Gasteiger partial charge in [0.15, 0.2) is 0 Å². The number of hydrogen-bond donors (Lipinski definition) is 3. The van der Waals surface area contributed by atoms with Crippen LogP contribution in [0.1, 0.15) is 11.1 Å². The minimum absolute atomic E-state index is 0.613. The van der Waals surface area contributed by atoms with Crippen LogP contribution in [0, 0.1) is 0 Å². The van der Waals surface area contributed by atoms with Crippen LogP contribution < -0.4 is 15.4 Å². The highest BCUT2D eigenvalue weighted by Gasteiger charge is 2.27. The zero-order valence-electron chi connectivity index (χ0n) is 13.0. The minimum Gasteiger partial charge on any atom is -0.327 e. The molecule has 0 aliphatic carbocycles. The van der Waals surface area contributed by atoms with E-state index in [0.717, 1.165) is 21.9 Å². The molecule has 0 atom stereocenters. The van der Waals surface area contributed by atoms with Crippen molar-refractivity contribution >= 4 is 29.4 Å². The normalized spacial score (nSPS) is 15.2. The average molecular weight is 323 g/mol. The molecule has 0 saturated carbocycles. The zero-order valence-corrected chi connectivity index (χ0v) is 13.0. The lowest BCUT2D eigenvalue weighted by atomic mass is 10.1. The minimum atomic E-state index is -0.613. The molecule has 1 aliphatic rings. The van der Waals surface area contributed by atoms with Crippen molar-refractivity contribution in [2.45, 2.75) is 0 Å². The van der Waals surface area contributed by atoms with Crippen molar-refractivity contribution in [3.63, 3.8) is 0 Å². The molecule has 0 bridgehead atoms. The number of nitrogens with zero attached hydrogens (tertiary/aromatic N) is 2. The van der Waals surface area contributed by atoms with Crippen LogP contribution in [0.25, 0.3) is 12.2 Å². The third-order valence-corrected chi connectivity index (χ3v) is 3.78. The third-order valence-electron chi connectivity index (χ3n) is 3.78. The van der Waals surface area contributed by atoms with Gasteiger partial charge in [0.1, 0.15) is 5.82 Å². The highest BCUT2D eigenvalue weighted by atomic mass is 16.5. The maximum absolute atomic E-state index is 11.1. The molecule has 3 rings (SSSR count). The summed E-state index contributed by atoms with van der Waals surface area (Å²) in [5, 5.41) is 20.1. The molecule has 6 nitrogen and oxygen atoms in total. The molecule has 122 valence electrons. The van der Waals surface area contributed by atoms with Gasteiger partial charge in [-0.2, -0.15) is 0 Å². The second-order valence-corrected chi connectivity index (χ2v) is 5.34. The van der Waals surface area contributed by atoms with Crippen molar-refractivity contribution in [1.29, 1.82) is 0 Å². The fraction of sp³-hybridized carbons (Fsp3) is 0.0556.